The van der Waals surface area contributed by atoms with Crippen molar-refractivity contribution in [1.29, 1.82) is 0 Å². The molecule has 99 heavy (non-hydrogen) atoms. The molecule has 0 atom stereocenters. The van der Waals surface area contributed by atoms with Gasteiger partial charge in [-0.3, -0.25) is 24.3 Å². The van der Waals surface area contributed by atoms with Crippen LogP contribution in [0, 0.1) is 0 Å². The topological polar surface area (TPSA) is 308 Å². The highest BCUT2D eigenvalue weighted by Gasteiger charge is 2.23. The minimum absolute atomic E-state index is 0. The Morgan fingerprint density at radius 3 is 1.28 bits per heavy atom. The van der Waals surface area contributed by atoms with Crippen molar-refractivity contribution in [2.75, 3.05) is 34.4 Å². The molecule has 0 saturated heterocycles. The molecule has 0 unspecified atom stereocenters. The van der Waals surface area contributed by atoms with Crippen LogP contribution in [0.5, 0.6) is 0 Å². The van der Waals surface area contributed by atoms with Crippen molar-refractivity contribution < 1.29 is 14.3 Å². The van der Waals surface area contributed by atoms with Crippen LogP contribution in [-0.2, 0) is 76.8 Å². The summed E-state index contributed by atoms with van der Waals surface area (Å²) in [7, 11) is 8.59. The molecule has 15 rings (SSSR count). The van der Waals surface area contributed by atoms with E-state index in [0.717, 1.165) is 127 Å². The molecule has 0 aliphatic heterocycles. The molecule has 0 spiro atoms. The van der Waals surface area contributed by atoms with E-state index in [9.17, 15) is 19.2 Å². The first kappa shape index (κ1) is 71.2. The molecule has 15 aromatic rings. The number of carbonyl (C=O) groups is 1. The van der Waals surface area contributed by atoms with Crippen molar-refractivity contribution >= 4 is 153 Å². The maximum absolute atomic E-state index is 13.4. The van der Waals surface area contributed by atoms with Crippen molar-refractivity contribution in [2.24, 2.45) is 26.9 Å². The van der Waals surface area contributed by atoms with Gasteiger partial charge in [-0.2, -0.15) is 30.6 Å². The van der Waals surface area contributed by atoms with Crippen LogP contribution < -0.4 is 33.0 Å². The Balaban J connectivity index is 0.000000148. The first-order chi connectivity index (χ1) is 47.2. The first-order valence-electron chi connectivity index (χ1n) is 32.0. The number of H-pyrrole nitrogens is 1. The molecular formula is C67H83N21O6S3Si2. The van der Waals surface area contributed by atoms with Crippen molar-refractivity contribution in [2.45, 2.75) is 105 Å². The summed E-state index contributed by atoms with van der Waals surface area (Å²) >= 11 is 4.47. The van der Waals surface area contributed by atoms with Gasteiger partial charge in [0.25, 0.3) is 16.7 Å². The number of nitrogens with one attached hydrogen (secondary N) is 3. The molecule has 0 aliphatic carbocycles. The lowest BCUT2D eigenvalue weighted by atomic mass is 10.1. The van der Waals surface area contributed by atoms with Gasteiger partial charge in [0.05, 0.1) is 87.5 Å². The number of hydrogen-bond acceptors (Lipinski definition) is 21. The minimum atomic E-state index is -1.14. The summed E-state index contributed by atoms with van der Waals surface area (Å²) in [6.07, 6.45) is 11.4. The number of hydrogen-bond donors (Lipinski definition) is 4. The number of nitrogens with zero attached hydrogens (tertiary/aromatic N) is 17. The number of aromatic amines is 1. The molecule has 0 amide bonds. The Hall–Kier alpha value is -9.10. The zero-order valence-electron chi connectivity index (χ0n) is 56.9. The average Bonchev–Trinajstić information content (AvgIpc) is 1.60. The van der Waals surface area contributed by atoms with Gasteiger partial charge in [0, 0.05) is 95.9 Å². The quantitative estimate of drug-likeness (QED) is 0.0295. The zero-order chi connectivity index (χ0) is 69.3. The minimum Gasteiger partial charge on any atom is -0.360 e. The zero-order valence-corrected chi connectivity index (χ0v) is 61.3. The van der Waals surface area contributed by atoms with E-state index in [2.05, 4.69) is 101 Å². The number of ether oxygens (including phenoxy) is 2. The lowest BCUT2D eigenvalue weighted by Gasteiger charge is -2.15. The highest BCUT2D eigenvalue weighted by Crippen LogP contribution is 2.34. The van der Waals surface area contributed by atoms with E-state index in [1.54, 1.807) is 59.1 Å². The third-order valence-corrected chi connectivity index (χ3v) is 23.5. The van der Waals surface area contributed by atoms with E-state index in [1.807, 2.05) is 114 Å². The van der Waals surface area contributed by atoms with Crippen LogP contribution in [0.25, 0.3) is 96.5 Å². The number of rotatable bonds is 21. The predicted octanol–water partition coefficient (Wildman–Crippen LogP) is 9.84. The fourth-order valence-electron chi connectivity index (χ4n) is 11.8. The van der Waals surface area contributed by atoms with Gasteiger partial charge in [-0.25, -0.2) is 38.4 Å². The Kier molecular flexibility index (Phi) is 21.4. The molecule has 5 N–H and O–H groups in total. The van der Waals surface area contributed by atoms with Gasteiger partial charge in [-0.15, -0.1) is 34.0 Å². The first-order valence-corrected chi connectivity index (χ1v) is 41.9. The highest BCUT2D eigenvalue weighted by molar-refractivity contribution is 7.21. The molecule has 3 aromatic carbocycles. The standard InChI is InChI=1S/C24H31N7O2SSi.C23H26N6O3SSi.C18H17N7OS.CH5N.CH4/c1-25-13-20-28-23-22(34-20)18-12-26-30(24(32)21(18)29(23)2)14-16-7-6-8-19-17(16)11-27-31(19)15-33-9-10-35(3,4)5;1-27-20-17(21-22(27)26-19(13-30)33-21)11-24-28(23(20)31)12-15-6-5-7-18-16(15)10-25-29(18)14-32-8-9-34(2,3)4;1-19-8-14-22-17-16(27-14)12-7-21-25(18(26)15(12)24(17)2)9-10-4-3-5-13-11(10)6-20-23-13;1-2;/h6-8,11-12,25H,9-10,13-15H2,1-5H3;5-7,10-11,13H,8-9,12,14H2,1-4H3;3-7,19H,8-9H2,1-2H3,(H,20,23);2H2,1H3;1H4. The second-order valence-electron chi connectivity index (χ2n) is 26.1. The van der Waals surface area contributed by atoms with E-state index in [1.165, 1.54) is 32.4 Å². The van der Waals surface area contributed by atoms with Crippen LogP contribution in [0.3, 0.4) is 0 Å². The number of nitrogens with two attached hydrogens (primary N) is 1. The summed E-state index contributed by atoms with van der Waals surface area (Å²) < 4.78 is 28.3. The van der Waals surface area contributed by atoms with Crippen molar-refractivity contribution in [3.8, 4) is 0 Å². The van der Waals surface area contributed by atoms with Gasteiger partial charge in [-0.05, 0) is 68.1 Å². The van der Waals surface area contributed by atoms with Crippen LogP contribution in [0.1, 0.15) is 43.9 Å². The number of benzene rings is 3. The van der Waals surface area contributed by atoms with Gasteiger partial charge >= 0.3 is 0 Å². The number of fused-ring (bicyclic) bond motifs is 12. The van der Waals surface area contributed by atoms with Crippen LogP contribution >= 0.6 is 34.0 Å². The Morgan fingerprint density at radius 2 is 0.879 bits per heavy atom. The largest absolute Gasteiger partial charge is 0.360 e. The van der Waals surface area contributed by atoms with E-state index >= 15 is 0 Å². The summed E-state index contributed by atoms with van der Waals surface area (Å²) in [5.74, 6) is 0. The van der Waals surface area contributed by atoms with E-state index in [4.69, 9.17) is 14.5 Å². The average molecular weight is 1430 g/mol. The SMILES string of the molecule is C.CN.CNCc1nc2c(s1)c1cnn(Cc3cccc4[nH]ncc34)c(=O)c1n2C.CNCc1nc2c(s1)c1cnn(Cc3cccc4c3cnn4COCC[Si](C)(C)C)c(=O)c1n2C.Cn1c2nc(C=O)sc2c2cnn(Cc3cccc4c3cnn4COCC[Si](C)(C)C)c(=O)c21. The second kappa shape index (κ2) is 29.8. The summed E-state index contributed by atoms with van der Waals surface area (Å²) in [6, 6.07) is 20.1. The number of aryl methyl sites for hydroxylation is 3. The molecule has 0 aliphatic rings. The third kappa shape index (κ3) is 14.4. The van der Waals surface area contributed by atoms with Crippen molar-refractivity contribution in [1.82, 2.24) is 98.4 Å². The molecule has 27 nitrogen and oxygen atoms in total. The van der Waals surface area contributed by atoms with Gasteiger partial charge in [-0.1, -0.05) is 83.1 Å². The smallest absolute Gasteiger partial charge is 0.291 e. The predicted molar refractivity (Wildman–Crippen MR) is 403 cm³/mol. The van der Waals surface area contributed by atoms with E-state index < -0.39 is 16.1 Å². The number of thiazole rings is 3. The lowest BCUT2D eigenvalue weighted by Crippen LogP contribution is -2.24. The van der Waals surface area contributed by atoms with Gasteiger partial charge in [0.2, 0.25) is 0 Å². The third-order valence-electron chi connectivity index (χ3n) is 16.9. The normalized spacial score (nSPS) is 12.0. The molecule has 12 heterocycles. The Labute approximate surface area is 582 Å². The summed E-state index contributed by atoms with van der Waals surface area (Å²) in [5, 5.41) is 43.5. The molecule has 32 heteroatoms. The fourth-order valence-corrected chi connectivity index (χ4v) is 16.5. The van der Waals surface area contributed by atoms with Crippen LogP contribution in [0.4, 0.5) is 0 Å². The monoisotopic (exact) mass is 1430 g/mol. The van der Waals surface area contributed by atoms with E-state index in [-0.39, 0.29) is 24.1 Å². The summed E-state index contributed by atoms with van der Waals surface area (Å²) in [5.41, 5.74) is 14.0. The van der Waals surface area contributed by atoms with Crippen molar-refractivity contribution in [3.63, 3.8) is 0 Å². The Morgan fingerprint density at radius 1 is 0.505 bits per heavy atom. The van der Waals surface area contributed by atoms with Gasteiger partial charge in [0.15, 0.2) is 28.2 Å². The van der Waals surface area contributed by atoms with Crippen LogP contribution in [-0.4, -0.2) is 145 Å². The highest BCUT2D eigenvalue weighted by atomic mass is 32.1. The molecule has 0 bridgehead atoms. The van der Waals surface area contributed by atoms with Gasteiger partial charge in [0.1, 0.15) is 40.0 Å². The summed E-state index contributed by atoms with van der Waals surface area (Å²) in [4.78, 5) is 64.7. The number of carbonyl (C=O) groups excluding carboxylic acids is 1. The lowest BCUT2D eigenvalue weighted by molar-refractivity contribution is 0.0816. The molecule has 0 radical (unpaired) electrons. The van der Waals surface area contributed by atoms with Crippen LogP contribution in [0.15, 0.2) is 106 Å². The molecule has 0 fully saturated rings. The molecule has 0 saturated carbocycles. The Bertz CT molecular complexity index is 5610. The second-order valence-corrected chi connectivity index (χ2v) is 40.6. The summed E-state index contributed by atoms with van der Waals surface area (Å²) in [6.45, 7) is 18.8. The van der Waals surface area contributed by atoms with Gasteiger partial charge < -0.3 is 39.5 Å². The van der Waals surface area contributed by atoms with Crippen molar-refractivity contribution in [3.05, 3.63) is 155 Å². The molecular weight excluding hydrogens is 1350 g/mol. The van der Waals surface area contributed by atoms with E-state index in [0.29, 0.717) is 78.8 Å². The molecule has 12 aromatic heterocycles. The number of aldehydes is 1. The fraction of sp³-hybridized carbons (Fsp3) is 0.358. The van der Waals surface area contributed by atoms with Crippen LogP contribution in [0.2, 0.25) is 51.4 Å². The maximum Gasteiger partial charge on any atom is 0.291 e. The molecule has 518 valence electrons. The maximum atomic E-state index is 13.4. The number of aromatic nitrogens is 18.